The lowest BCUT2D eigenvalue weighted by Gasteiger charge is -2.14. The second-order valence-electron chi connectivity index (χ2n) is 7.76. The Hall–Kier alpha value is -3.38. The van der Waals surface area contributed by atoms with Crippen LogP contribution < -0.4 is 5.56 Å². The van der Waals surface area contributed by atoms with Gasteiger partial charge in [0.25, 0.3) is 5.56 Å². The van der Waals surface area contributed by atoms with Crippen LogP contribution in [0.15, 0.2) is 76.9 Å². The minimum atomic E-state index is -0.0535. The van der Waals surface area contributed by atoms with E-state index in [1.165, 1.54) is 17.3 Å². The number of hydrogen-bond donors (Lipinski definition) is 0. The molecular weight excluding hydrogens is 404 g/mol. The molecule has 154 valence electrons. The number of aromatic nitrogens is 4. The van der Waals surface area contributed by atoms with Crippen LogP contribution in [0.2, 0.25) is 0 Å². The first kappa shape index (κ1) is 19.6. The fourth-order valence-corrected chi connectivity index (χ4v) is 4.61. The average molecular weight is 427 g/mol. The van der Waals surface area contributed by atoms with Gasteiger partial charge in [0.15, 0.2) is 5.16 Å². The van der Waals surface area contributed by atoms with Crippen LogP contribution in [0.25, 0.3) is 22.2 Å². The van der Waals surface area contributed by atoms with Crippen molar-refractivity contribution in [2.75, 3.05) is 0 Å². The third-order valence-electron chi connectivity index (χ3n) is 5.57. The molecule has 5 aromatic rings. The molecule has 3 aromatic heterocycles. The summed E-state index contributed by atoms with van der Waals surface area (Å²) in [5, 5.41) is 1.29. The van der Waals surface area contributed by atoms with Crippen molar-refractivity contribution in [1.82, 2.24) is 18.9 Å². The van der Waals surface area contributed by atoms with E-state index in [2.05, 4.69) is 26.8 Å². The highest BCUT2D eigenvalue weighted by Gasteiger charge is 2.15. The molecule has 5 nitrogen and oxygen atoms in total. The molecule has 2 aromatic carbocycles. The van der Waals surface area contributed by atoms with Gasteiger partial charge < -0.3 is 4.40 Å². The van der Waals surface area contributed by atoms with Crippen LogP contribution in [0.5, 0.6) is 0 Å². The van der Waals surface area contributed by atoms with Gasteiger partial charge in [0, 0.05) is 18.1 Å². The fraction of sp³-hybridized carbons (Fsp3) is 0.160. The minimum Gasteiger partial charge on any atom is -0.307 e. The number of pyridine rings is 1. The summed E-state index contributed by atoms with van der Waals surface area (Å²) < 4.78 is 3.76. The van der Waals surface area contributed by atoms with Crippen molar-refractivity contribution < 1.29 is 0 Å². The topological polar surface area (TPSA) is 52.2 Å². The standard InChI is InChI=1S/C25H22N4OS/c1-16-10-11-20(13-18(16)3)29-24(30)21-8-4-5-9-22(21)27-25(29)31-15-19-14-28-12-6-7-17(2)23(28)26-19/h4-14H,15H2,1-3H3. The smallest absolute Gasteiger partial charge is 0.266 e. The molecule has 5 rings (SSSR count). The number of thioether (sulfide) groups is 1. The third-order valence-corrected chi connectivity index (χ3v) is 6.54. The molecule has 0 fully saturated rings. The van der Waals surface area contributed by atoms with E-state index in [0.717, 1.165) is 28.2 Å². The number of para-hydroxylation sites is 1. The van der Waals surface area contributed by atoms with E-state index in [-0.39, 0.29) is 5.56 Å². The molecule has 0 saturated carbocycles. The van der Waals surface area contributed by atoms with Gasteiger partial charge in [-0.3, -0.25) is 9.36 Å². The SMILES string of the molecule is Cc1ccc(-n2c(SCc3cn4cccc(C)c4n3)nc3ccccc3c2=O)cc1C. The van der Waals surface area contributed by atoms with Crippen molar-refractivity contribution in [1.29, 1.82) is 0 Å². The third kappa shape index (κ3) is 3.53. The van der Waals surface area contributed by atoms with E-state index in [1.807, 2.05) is 65.3 Å². The summed E-state index contributed by atoms with van der Waals surface area (Å²) in [7, 11) is 0. The van der Waals surface area contributed by atoms with Gasteiger partial charge in [-0.15, -0.1) is 0 Å². The molecule has 0 radical (unpaired) electrons. The molecule has 0 atom stereocenters. The lowest BCUT2D eigenvalue weighted by Crippen LogP contribution is -2.22. The monoisotopic (exact) mass is 426 g/mol. The molecule has 0 aliphatic heterocycles. The van der Waals surface area contributed by atoms with E-state index in [1.54, 1.807) is 4.57 Å². The molecule has 0 amide bonds. The molecule has 3 heterocycles. The van der Waals surface area contributed by atoms with Gasteiger partial charge in [0.05, 0.1) is 22.3 Å². The Kier molecular flexibility index (Phi) is 4.87. The quantitative estimate of drug-likeness (QED) is 0.291. The van der Waals surface area contributed by atoms with Gasteiger partial charge in [0.1, 0.15) is 5.65 Å². The lowest BCUT2D eigenvalue weighted by atomic mass is 10.1. The zero-order valence-electron chi connectivity index (χ0n) is 17.7. The first-order chi connectivity index (χ1) is 15.0. The predicted octanol–water partition coefficient (Wildman–Crippen LogP) is 5.25. The molecule has 0 aliphatic rings. The Bertz CT molecular complexity index is 1500. The number of nitrogens with zero attached hydrogens (tertiary/aromatic N) is 4. The van der Waals surface area contributed by atoms with Crippen LogP contribution in [0.4, 0.5) is 0 Å². The molecule has 0 aliphatic carbocycles. The van der Waals surface area contributed by atoms with E-state index < -0.39 is 0 Å². The van der Waals surface area contributed by atoms with Crippen LogP contribution >= 0.6 is 11.8 Å². The highest BCUT2D eigenvalue weighted by atomic mass is 32.2. The summed E-state index contributed by atoms with van der Waals surface area (Å²) in [6.07, 6.45) is 4.04. The number of rotatable bonds is 4. The van der Waals surface area contributed by atoms with Crippen molar-refractivity contribution in [3.63, 3.8) is 0 Å². The second kappa shape index (κ2) is 7.71. The van der Waals surface area contributed by atoms with E-state index in [9.17, 15) is 4.79 Å². The van der Waals surface area contributed by atoms with Crippen LogP contribution in [-0.2, 0) is 5.75 Å². The summed E-state index contributed by atoms with van der Waals surface area (Å²) in [5.74, 6) is 0.622. The number of hydrogen-bond acceptors (Lipinski definition) is 4. The Balaban J connectivity index is 1.61. The lowest BCUT2D eigenvalue weighted by molar-refractivity contribution is 0.818. The van der Waals surface area contributed by atoms with Gasteiger partial charge in [-0.2, -0.15) is 0 Å². The zero-order chi connectivity index (χ0) is 21.5. The van der Waals surface area contributed by atoms with Crippen molar-refractivity contribution in [3.8, 4) is 5.69 Å². The van der Waals surface area contributed by atoms with E-state index in [0.29, 0.717) is 21.8 Å². The van der Waals surface area contributed by atoms with Crippen LogP contribution in [-0.4, -0.2) is 18.9 Å². The maximum absolute atomic E-state index is 13.4. The molecule has 0 unspecified atom stereocenters. The first-order valence-electron chi connectivity index (χ1n) is 10.2. The van der Waals surface area contributed by atoms with Crippen LogP contribution in [0, 0.1) is 20.8 Å². The van der Waals surface area contributed by atoms with E-state index >= 15 is 0 Å². The molecule has 31 heavy (non-hydrogen) atoms. The van der Waals surface area contributed by atoms with Gasteiger partial charge in [-0.05, 0) is 67.8 Å². The summed E-state index contributed by atoms with van der Waals surface area (Å²) in [5.41, 5.74) is 6.87. The van der Waals surface area contributed by atoms with Gasteiger partial charge in [-0.1, -0.05) is 36.0 Å². The molecular formula is C25H22N4OS. The molecule has 6 heteroatoms. The highest BCUT2D eigenvalue weighted by Crippen LogP contribution is 2.25. The molecule has 0 bridgehead atoms. The first-order valence-corrected chi connectivity index (χ1v) is 11.2. The maximum Gasteiger partial charge on any atom is 0.266 e. The van der Waals surface area contributed by atoms with Gasteiger partial charge in [-0.25, -0.2) is 9.97 Å². The number of benzene rings is 2. The molecule has 0 saturated heterocycles. The predicted molar refractivity (Wildman–Crippen MR) is 126 cm³/mol. The van der Waals surface area contributed by atoms with Crippen molar-refractivity contribution in [2.45, 2.75) is 31.7 Å². The van der Waals surface area contributed by atoms with Gasteiger partial charge >= 0.3 is 0 Å². The Morgan fingerprint density at radius 1 is 0.903 bits per heavy atom. The maximum atomic E-state index is 13.4. The summed E-state index contributed by atoms with van der Waals surface area (Å²) in [6.45, 7) is 6.19. The zero-order valence-corrected chi connectivity index (χ0v) is 18.5. The van der Waals surface area contributed by atoms with Crippen LogP contribution in [0.3, 0.4) is 0 Å². The number of fused-ring (bicyclic) bond motifs is 2. The van der Waals surface area contributed by atoms with Crippen molar-refractivity contribution in [2.24, 2.45) is 0 Å². The number of aryl methyl sites for hydroxylation is 3. The molecule has 0 spiro atoms. The van der Waals surface area contributed by atoms with Crippen molar-refractivity contribution in [3.05, 3.63) is 99.7 Å². The Labute approximate surface area is 184 Å². The Morgan fingerprint density at radius 2 is 1.74 bits per heavy atom. The number of imidazole rings is 1. The fourth-order valence-electron chi connectivity index (χ4n) is 3.71. The molecule has 0 N–H and O–H groups in total. The van der Waals surface area contributed by atoms with Gasteiger partial charge in [0.2, 0.25) is 0 Å². The summed E-state index contributed by atoms with van der Waals surface area (Å²) in [6, 6.07) is 17.7. The average Bonchev–Trinajstić information content (AvgIpc) is 3.19. The normalized spacial score (nSPS) is 11.5. The summed E-state index contributed by atoms with van der Waals surface area (Å²) in [4.78, 5) is 23.0. The van der Waals surface area contributed by atoms with Crippen molar-refractivity contribution >= 4 is 28.3 Å². The second-order valence-corrected chi connectivity index (χ2v) is 8.71. The van der Waals surface area contributed by atoms with Crippen LogP contribution in [0.1, 0.15) is 22.4 Å². The minimum absolute atomic E-state index is 0.0535. The largest absolute Gasteiger partial charge is 0.307 e. The summed E-state index contributed by atoms with van der Waals surface area (Å²) >= 11 is 1.53. The highest BCUT2D eigenvalue weighted by molar-refractivity contribution is 7.98. The Morgan fingerprint density at radius 3 is 2.55 bits per heavy atom. The van der Waals surface area contributed by atoms with E-state index in [4.69, 9.17) is 9.97 Å².